The third-order valence-corrected chi connectivity index (χ3v) is 3.34. The third kappa shape index (κ3) is 7.55. The van der Waals surface area contributed by atoms with Gasteiger partial charge in [-0.3, -0.25) is 19.2 Å². The van der Waals surface area contributed by atoms with E-state index in [1.165, 1.54) is 7.05 Å². The van der Waals surface area contributed by atoms with E-state index >= 15 is 0 Å². The lowest BCUT2D eigenvalue weighted by Gasteiger charge is -2.06. The van der Waals surface area contributed by atoms with Gasteiger partial charge in [-0.15, -0.1) is 0 Å². The Morgan fingerprint density at radius 3 is 2.30 bits per heavy atom. The number of halogens is 1. The van der Waals surface area contributed by atoms with Crippen LogP contribution in [0.25, 0.3) is 0 Å². The number of hydrogen-bond acceptors (Lipinski definition) is 5. The zero-order chi connectivity index (χ0) is 17.2. The number of Topliss-reactive ketones (excluding diaryl/α,β-unsaturated/α-hetero) is 1. The van der Waals surface area contributed by atoms with Crippen molar-refractivity contribution in [2.75, 3.05) is 20.2 Å². The van der Waals surface area contributed by atoms with Crippen LogP contribution in [0.1, 0.15) is 23.2 Å². The highest BCUT2D eigenvalue weighted by Crippen LogP contribution is 2.12. The molecule has 0 atom stereocenters. The Balaban J connectivity index is 2.26. The first-order valence-electron chi connectivity index (χ1n) is 6.84. The lowest BCUT2D eigenvalue weighted by atomic mass is 10.1. The molecule has 8 heteroatoms. The van der Waals surface area contributed by atoms with Crippen LogP contribution in [0.4, 0.5) is 0 Å². The Morgan fingerprint density at radius 1 is 1.04 bits per heavy atom. The van der Waals surface area contributed by atoms with Gasteiger partial charge in [0.2, 0.25) is 5.91 Å². The summed E-state index contributed by atoms with van der Waals surface area (Å²) in [7, 11) is 1.44. The lowest BCUT2D eigenvalue weighted by Crippen LogP contribution is -2.37. The lowest BCUT2D eigenvalue weighted by molar-refractivity contribution is -0.148. The number of carbonyl (C=O) groups excluding carboxylic acids is 4. The van der Waals surface area contributed by atoms with Crippen LogP contribution >= 0.6 is 15.9 Å². The smallest absolute Gasteiger partial charge is 0.306 e. The number of ketones is 1. The van der Waals surface area contributed by atoms with Gasteiger partial charge >= 0.3 is 5.97 Å². The number of nitrogens with one attached hydrogen (secondary N) is 2. The van der Waals surface area contributed by atoms with Crippen molar-refractivity contribution < 1.29 is 23.9 Å². The molecule has 0 aliphatic rings. The third-order valence-electron chi connectivity index (χ3n) is 2.81. The monoisotopic (exact) mass is 384 g/mol. The summed E-state index contributed by atoms with van der Waals surface area (Å²) < 4.78 is 5.59. The Bertz CT molecular complexity index is 586. The number of benzene rings is 1. The van der Waals surface area contributed by atoms with Crippen LogP contribution in [0.2, 0.25) is 0 Å². The van der Waals surface area contributed by atoms with Gasteiger partial charge in [-0.05, 0) is 12.1 Å². The topological polar surface area (TPSA) is 102 Å². The molecule has 1 aromatic rings. The summed E-state index contributed by atoms with van der Waals surface area (Å²) in [5.74, 6) is -1.77. The molecule has 0 radical (unpaired) electrons. The molecular weight excluding hydrogens is 368 g/mol. The molecule has 0 aliphatic carbocycles. The molecule has 124 valence electrons. The Hall–Kier alpha value is -2.22. The van der Waals surface area contributed by atoms with E-state index in [0.29, 0.717) is 5.56 Å². The second-order valence-corrected chi connectivity index (χ2v) is 5.46. The molecule has 0 unspecified atom stereocenters. The van der Waals surface area contributed by atoms with E-state index < -0.39 is 18.5 Å². The molecule has 1 aromatic carbocycles. The number of likely N-dealkylation sites (N-methyl/N-ethyl adjacent to an activating group) is 1. The molecule has 0 aliphatic heterocycles. The average Bonchev–Trinajstić information content (AvgIpc) is 2.56. The molecule has 7 nitrogen and oxygen atoms in total. The molecule has 0 heterocycles. The molecule has 0 bridgehead atoms. The van der Waals surface area contributed by atoms with Crippen LogP contribution in [-0.4, -0.2) is 43.8 Å². The number of carbonyl (C=O) groups is 4. The first-order valence-corrected chi connectivity index (χ1v) is 7.63. The minimum Gasteiger partial charge on any atom is -0.456 e. The summed E-state index contributed by atoms with van der Waals surface area (Å²) in [4.78, 5) is 45.6. The predicted molar refractivity (Wildman–Crippen MR) is 85.7 cm³/mol. The second kappa shape index (κ2) is 9.73. The van der Waals surface area contributed by atoms with E-state index in [1.54, 1.807) is 24.3 Å². The maximum atomic E-state index is 11.9. The maximum absolute atomic E-state index is 11.9. The van der Waals surface area contributed by atoms with Gasteiger partial charge in [-0.1, -0.05) is 28.1 Å². The molecule has 0 spiro atoms. The quantitative estimate of drug-likeness (QED) is 0.510. The molecular formula is C15H17BrN2O5. The van der Waals surface area contributed by atoms with Gasteiger partial charge in [-0.25, -0.2) is 0 Å². The van der Waals surface area contributed by atoms with Crippen molar-refractivity contribution in [2.24, 2.45) is 0 Å². The van der Waals surface area contributed by atoms with E-state index in [1.807, 2.05) is 0 Å². The minimum atomic E-state index is -0.648. The van der Waals surface area contributed by atoms with Crippen LogP contribution < -0.4 is 10.6 Å². The number of ether oxygens (including phenoxy) is 1. The van der Waals surface area contributed by atoms with Gasteiger partial charge in [0, 0.05) is 23.5 Å². The van der Waals surface area contributed by atoms with Gasteiger partial charge in [0.15, 0.2) is 12.4 Å². The molecule has 23 heavy (non-hydrogen) atoms. The minimum absolute atomic E-state index is 0.000323. The average molecular weight is 385 g/mol. The number of amides is 2. The van der Waals surface area contributed by atoms with E-state index in [0.717, 1.165) is 4.47 Å². The fraction of sp³-hybridized carbons (Fsp3) is 0.333. The van der Waals surface area contributed by atoms with Crippen molar-refractivity contribution in [3.8, 4) is 0 Å². The first-order chi connectivity index (χ1) is 10.9. The van der Waals surface area contributed by atoms with Gasteiger partial charge < -0.3 is 15.4 Å². The van der Waals surface area contributed by atoms with Crippen molar-refractivity contribution >= 4 is 39.5 Å². The van der Waals surface area contributed by atoms with Crippen LogP contribution in [0, 0.1) is 0 Å². The fourth-order valence-electron chi connectivity index (χ4n) is 1.53. The largest absolute Gasteiger partial charge is 0.456 e. The number of esters is 1. The van der Waals surface area contributed by atoms with E-state index in [-0.39, 0.29) is 31.1 Å². The fourth-order valence-corrected chi connectivity index (χ4v) is 1.80. The maximum Gasteiger partial charge on any atom is 0.306 e. The van der Waals surface area contributed by atoms with Gasteiger partial charge in [0.25, 0.3) is 5.91 Å². The van der Waals surface area contributed by atoms with Gasteiger partial charge in [0.05, 0.1) is 13.0 Å². The zero-order valence-electron chi connectivity index (χ0n) is 12.6. The van der Waals surface area contributed by atoms with E-state index in [2.05, 4.69) is 26.6 Å². The normalized spacial score (nSPS) is 9.83. The summed E-state index contributed by atoms with van der Waals surface area (Å²) in [5, 5.41) is 4.62. The van der Waals surface area contributed by atoms with Crippen molar-refractivity contribution in [1.29, 1.82) is 0 Å². The SMILES string of the molecule is CNC(=O)CNC(=O)COC(=O)CCC(=O)c1ccc(Br)cc1. The van der Waals surface area contributed by atoms with Gasteiger partial charge in [-0.2, -0.15) is 0 Å². The molecule has 0 fully saturated rings. The molecule has 0 aromatic heterocycles. The summed E-state index contributed by atoms with van der Waals surface area (Å²) in [5.41, 5.74) is 0.504. The van der Waals surface area contributed by atoms with E-state index in [9.17, 15) is 19.2 Å². The summed E-state index contributed by atoms with van der Waals surface area (Å²) in [6, 6.07) is 6.79. The van der Waals surface area contributed by atoms with Crippen LogP contribution in [-0.2, 0) is 19.1 Å². The molecule has 1 rings (SSSR count). The second-order valence-electron chi connectivity index (χ2n) is 4.54. The van der Waals surface area contributed by atoms with Crippen LogP contribution in [0.3, 0.4) is 0 Å². The van der Waals surface area contributed by atoms with Crippen molar-refractivity contribution in [1.82, 2.24) is 10.6 Å². The van der Waals surface area contributed by atoms with Crippen LogP contribution in [0.15, 0.2) is 28.7 Å². The Kier molecular flexibility index (Phi) is 7.96. The summed E-state index contributed by atoms with van der Waals surface area (Å²) in [6.45, 7) is -0.669. The highest BCUT2D eigenvalue weighted by atomic mass is 79.9. The van der Waals surface area contributed by atoms with Crippen molar-refractivity contribution in [2.45, 2.75) is 12.8 Å². The summed E-state index contributed by atoms with van der Waals surface area (Å²) >= 11 is 3.27. The Labute approximate surface area is 141 Å². The predicted octanol–water partition coefficient (Wildman–Crippen LogP) is 0.817. The standard InChI is InChI=1S/C15H17BrN2O5/c1-17-13(20)8-18-14(21)9-23-15(22)7-6-12(19)10-2-4-11(16)5-3-10/h2-5H,6-9H2,1H3,(H,17,20)(H,18,21). The number of hydrogen-bond donors (Lipinski definition) is 2. The number of rotatable bonds is 8. The molecule has 2 N–H and O–H groups in total. The molecule has 2 amide bonds. The van der Waals surface area contributed by atoms with Crippen LogP contribution in [0.5, 0.6) is 0 Å². The highest BCUT2D eigenvalue weighted by Gasteiger charge is 2.12. The molecule has 0 saturated heterocycles. The summed E-state index contributed by atoms with van der Waals surface area (Å²) in [6.07, 6.45) is -0.113. The first kappa shape index (κ1) is 18.8. The zero-order valence-corrected chi connectivity index (χ0v) is 14.1. The van der Waals surface area contributed by atoms with Crippen molar-refractivity contribution in [3.05, 3.63) is 34.3 Å². The molecule has 0 saturated carbocycles. The highest BCUT2D eigenvalue weighted by molar-refractivity contribution is 9.10. The van der Waals surface area contributed by atoms with Gasteiger partial charge in [0.1, 0.15) is 0 Å². The Morgan fingerprint density at radius 2 is 1.70 bits per heavy atom. The van der Waals surface area contributed by atoms with Crippen molar-refractivity contribution in [3.63, 3.8) is 0 Å². The van der Waals surface area contributed by atoms with E-state index in [4.69, 9.17) is 4.74 Å².